The molecule has 0 aromatic carbocycles. The average Bonchev–Trinajstić information content (AvgIpc) is 1.85. The predicted octanol–water partition coefficient (Wildman–Crippen LogP) is 0.0417. The summed E-state index contributed by atoms with van der Waals surface area (Å²) in [6.07, 6.45) is 1.60. The van der Waals surface area contributed by atoms with E-state index >= 15 is 0 Å². The first kappa shape index (κ1) is 9.88. The summed E-state index contributed by atoms with van der Waals surface area (Å²) in [4.78, 5) is 0. The molecule has 10 heavy (non-hydrogen) atoms. The second kappa shape index (κ2) is 5.65. The summed E-state index contributed by atoms with van der Waals surface area (Å²) in [6, 6.07) is 0. The zero-order chi connectivity index (χ0) is 7.98. The molecule has 0 rings (SSSR count). The molecular weight excluding hydrogens is 128 g/mol. The number of rotatable bonds is 5. The normalized spacial score (nSPS) is 16.8. The number of nitrogens with two attached hydrogens (primary N) is 1. The molecule has 4 N–H and O–H groups in total. The largest absolute Gasteiger partial charge is 0.392 e. The number of hydrogen-bond acceptors (Lipinski definition) is 3. The van der Waals surface area contributed by atoms with E-state index in [2.05, 4.69) is 12.2 Å². The molecule has 0 aliphatic carbocycles. The van der Waals surface area contributed by atoms with Crippen molar-refractivity contribution in [3.05, 3.63) is 0 Å². The van der Waals surface area contributed by atoms with Gasteiger partial charge in [-0.25, -0.2) is 0 Å². The van der Waals surface area contributed by atoms with Gasteiger partial charge in [-0.3, -0.25) is 5.32 Å². The van der Waals surface area contributed by atoms with E-state index in [1.807, 2.05) is 6.92 Å². The SMILES string of the molecule is CCCC(O)CNC(C)N. The molecule has 62 valence electrons. The summed E-state index contributed by atoms with van der Waals surface area (Å²) in [6.45, 7) is 4.51. The van der Waals surface area contributed by atoms with Gasteiger partial charge in [0, 0.05) is 6.54 Å². The van der Waals surface area contributed by atoms with Gasteiger partial charge in [0.1, 0.15) is 0 Å². The topological polar surface area (TPSA) is 58.3 Å². The molecule has 0 saturated heterocycles. The minimum atomic E-state index is -0.240. The van der Waals surface area contributed by atoms with Crippen LogP contribution in [0.2, 0.25) is 0 Å². The molecule has 0 spiro atoms. The van der Waals surface area contributed by atoms with Crippen LogP contribution in [0.15, 0.2) is 0 Å². The number of nitrogens with one attached hydrogen (secondary N) is 1. The molecule has 0 saturated carbocycles. The van der Waals surface area contributed by atoms with Gasteiger partial charge >= 0.3 is 0 Å². The van der Waals surface area contributed by atoms with E-state index in [4.69, 9.17) is 5.73 Å². The van der Waals surface area contributed by atoms with E-state index in [-0.39, 0.29) is 12.3 Å². The van der Waals surface area contributed by atoms with Crippen LogP contribution in [-0.2, 0) is 0 Å². The van der Waals surface area contributed by atoms with Crippen LogP contribution in [0.1, 0.15) is 26.7 Å². The molecule has 0 aliphatic heterocycles. The maximum atomic E-state index is 9.18. The van der Waals surface area contributed by atoms with E-state index in [1.54, 1.807) is 0 Å². The van der Waals surface area contributed by atoms with Crippen molar-refractivity contribution in [2.45, 2.75) is 39.0 Å². The molecule has 2 unspecified atom stereocenters. The summed E-state index contributed by atoms with van der Waals surface area (Å²) in [5.41, 5.74) is 5.41. The summed E-state index contributed by atoms with van der Waals surface area (Å²) >= 11 is 0. The Morgan fingerprint density at radius 1 is 1.60 bits per heavy atom. The van der Waals surface area contributed by atoms with Crippen molar-refractivity contribution >= 4 is 0 Å². The second-order valence-electron chi connectivity index (χ2n) is 2.64. The molecule has 0 amide bonds. The van der Waals surface area contributed by atoms with Crippen LogP contribution in [0.4, 0.5) is 0 Å². The Morgan fingerprint density at radius 3 is 2.60 bits per heavy atom. The van der Waals surface area contributed by atoms with Gasteiger partial charge in [-0.15, -0.1) is 0 Å². The van der Waals surface area contributed by atoms with E-state index < -0.39 is 0 Å². The smallest absolute Gasteiger partial charge is 0.0665 e. The van der Waals surface area contributed by atoms with Gasteiger partial charge in [0.15, 0.2) is 0 Å². The molecule has 0 aliphatic rings. The third kappa shape index (κ3) is 6.01. The predicted molar refractivity (Wildman–Crippen MR) is 42.6 cm³/mol. The van der Waals surface area contributed by atoms with Crippen LogP contribution in [0, 0.1) is 0 Å². The summed E-state index contributed by atoms with van der Waals surface area (Å²) in [7, 11) is 0. The second-order valence-corrected chi connectivity index (χ2v) is 2.64. The molecule has 0 heterocycles. The molecule has 0 bridgehead atoms. The highest BCUT2D eigenvalue weighted by atomic mass is 16.3. The highest BCUT2D eigenvalue weighted by molar-refractivity contribution is 4.59. The highest BCUT2D eigenvalue weighted by Gasteiger charge is 2.01. The lowest BCUT2D eigenvalue weighted by atomic mass is 10.2. The minimum absolute atomic E-state index is 0.0218. The molecule has 0 fully saturated rings. The first-order valence-corrected chi connectivity index (χ1v) is 3.83. The maximum absolute atomic E-state index is 9.18. The van der Waals surface area contributed by atoms with Crippen molar-refractivity contribution in [2.75, 3.05) is 6.54 Å². The van der Waals surface area contributed by atoms with Gasteiger partial charge in [-0.2, -0.15) is 0 Å². The molecule has 0 aromatic heterocycles. The van der Waals surface area contributed by atoms with Crippen LogP contribution in [0.25, 0.3) is 0 Å². The van der Waals surface area contributed by atoms with Gasteiger partial charge in [0.25, 0.3) is 0 Å². The van der Waals surface area contributed by atoms with Gasteiger partial charge in [-0.1, -0.05) is 13.3 Å². The van der Waals surface area contributed by atoms with Crippen molar-refractivity contribution < 1.29 is 5.11 Å². The lowest BCUT2D eigenvalue weighted by Gasteiger charge is -2.12. The molecule has 2 atom stereocenters. The van der Waals surface area contributed by atoms with Crippen molar-refractivity contribution in [3.63, 3.8) is 0 Å². The van der Waals surface area contributed by atoms with Crippen LogP contribution < -0.4 is 11.1 Å². The quantitative estimate of drug-likeness (QED) is 0.480. The number of hydrogen-bond donors (Lipinski definition) is 3. The standard InChI is InChI=1S/C7H18N2O/c1-3-4-7(10)5-9-6(2)8/h6-7,9-10H,3-5,8H2,1-2H3. The lowest BCUT2D eigenvalue weighted by molar-refractivity contribution is 0.157. The van der Waals surface area contributed by atoms with Crippen molar-refractivity contribution in [3.8, 4) is 0 Å². The van der Waals surface area contributed by atoms with E-state index in [9.17, 15) is 5.11 Å². The van der Waals surface area contributed by atoms with Crippen LogP contribution >= 0.6 is 0 Å². The Hall–Kier alpha value is -0.120. The van der Waals surface area contributed by atoms with E-state index in [0.717, 1.165) is 12.8 Å². The maximum Gasteiger partial charge on any atom is 0.0665 e. The van der Waals surface area contributed by atoms with E-state index in [0.29, 0.717) is 6.54 Å². The molecule has 0 radical (unpaired) electrons. The molecule has 0 aromatic rings. The zero-order valence-electron chi connectivity index (χ0n) is 6.80. The number of aliphatic hydroxyl groups excluding tert-OH is 1. The number of aliphatic hydroxyl groups is 1. The van der Waals surface area contributed by atoms with Crippen molar-refractivity contribution in [1.82, 2.24) is 5.32 Å². The fraction of sp³-hybridized carbons (Fsp3) is 1.00. The summed E-state index contributed by atoms with van der Waals surface area (Å²) in [5, 5.41) is 12.1. The van der Waals surface area contributed by atoms with Crippen LogP contribution in [-0.4, -0.2) is 23.9 Å². The molecular formula is C7H18N2O. The highest BCUT2D eigenvalue weighted by Crippen LogP contribution is 1.93. The fourth-order valence-electron chi connectivity index (χ4n) is 0.757. The van der Waals surface area contributed by atoms with Gasteiger partial charge in [0.05, 0.1) is 12.3 Å². The van der Waals surface area contributed by atoms with Crippen molar-refractivity contribution in [1.29, 1.82) is 0 Å². The molecule has 3 heteroatoms. The Morgan fingerprint density at radius 2 is 2.20 bits per heavy atom. The van der Waals surface area contributed by atoms with Crippen LogP contribution in [0.5, 0.6) is 0 Å². The summed E-state index contributed by atoms with van der Waals surface area (Å²) in [5.74, 6) is 0. The Kier molecular flexibility index (Phi) is 5.58. The lowest BCUT2D eigenvalue weighted by Crippen LogP contribution is -2.39. The first-order chi connectivity index (χ1) is 4.66. The fourth-order valence-corrected chi connectivity index (χ4v) is 0.757. The minimum Gasteiger partial charge on any atom is -0.392 e. The van der Waals surface area contributed by atoms with Crippen LogP contribution in [0.3, 0.4) is 0 Å². The van der Waals surface area contributed by atoms with Gasteiger partial charge < -0.3 is 10.8 Å². The van der Waals surface area contributed by atoms with Crippen molar-refractivity contribution in [2.24, 2.45) is 5.73 Å². The Bertz CT molecular complexity index is 76.0. The summed E-state index contributed by atoms with van der Waals surface area (Å²) < 4.78 is 0. The zero-order valence-corrected chi connectivity index (χ0v) is 6.80. The first-order valence-electron chi connectivity index (χ1n) is 3.83. The third-order valence-electron chi connectivity index (χ3n) is 1.30. The average molecular weight is 146 g/mol. The third-order valence-corrected chi connectivity index (χ3v) is 1.30. The van der Waals surface area contributed by atoms with E-state index in [1.165, 1.54) is 0 Å². The van der Waals surface area contributed by atoms with Gasteiger partial charge in [0.2, 0.25) is 0 Å². The molecule has 3 nitrogen and oxygen atoms in total. The Balaban J connectivity index is 3.12. The Labute approximate surface area is 62.6 Å². The van der Waals surface area contributed by atoms with Gasteiger partial charge in [-0.05, 0) is 13.3 Å². The monoisotopic (exact) mass is 146 g/mol.